The van der Waals surface area contributed by atoms with Crippen molar-refractivity contribution in [1.82, 2.24) is 9.78 Å². The van der Waals surface area contributed by atoms with Crippen molar-refractivity contribution in [2.75, 3.05) is 44.1 Å². The van der Waals surface area contributed by atoms with Gasteiger partial charge in [-0.15, -0.1) is 5.10 Å². The van der Waals surface area contributed by atoms with Crippen LogP contribution in [0.5, 0.6) is 17.4 Å². The van der Waals surface area contributed by atoms with Gasteiger partial charge in [0, 0.05) is 50.1 Å². The Kier molecular flexibility index (Phi) is 5.56. The van der Waals surface area contributed by atoms with Crippen molar-refractivity contribution < 1.29 is 19.0 Å². The third kappa shape index (κ3) is 3.29. The van der Waals surface area contributed by atoms with E-state index in [4.69, 9.17) is 19.3 Å². The second kappa shape index (κ2) is 8.83. The van der Waals surface area contributed by atoms with Crippen LogP contribution in [0.2, 0.25) is 0 Å². The zero-order chi connectivity index (χ0) is 26.6. The average molecular weight is 511 g/mol. The molecule has 3 aromatic carbocycles. The molecule has 1 atom stereocenters. The maximum absolute atomic E-state index is 13.3. The van der Waals surface area contributed by atoms with Crippen LogP contribution in [0, 0.1) is 0 Å². The molecule has 0 amide bonds. The minimum atomic E-state index is -1.21. The van der Waals surface area contributed by atoms with Crippen LogP contribution in [0.25, 0.3) is 5.69 Å². The fraction of sp³-hybridized carbons (Fsp3) is 0.267. The number of nitrogens with zero attached hydrogens (tertiary/aromatic N) is 4. The number of aromatic nitrogens is 2. The molecule has 1 spiro atoms. The van der Waals surface area contributed by atoms with Crippen LogP contribution in [-0.2, 0) is 10.3 Å². The molecule has 0 bridgehead atoms. The predicted molar refractivity (Wildman–Crippen MR) is 146 cm³/mol. The highest BCUT2D eigenvalue weighted by molar-refractivity contribution is 5.97. The van der Waals surface area contributed by atoms with Crippen molar-refractivity contribution in [1.29, 1.82) is 0 Å². The smallest absolute Gasteiger partial charge is 0.340 e. The zero-order valence-electron chi connectivity index (χ0n) is 22.2. The first-order valence-electron chi connectivity index (χ1n) is 12.8. The van der Waals surface area contributed by atoms with Crippen molar-refractivity contribution >= 4 is 17.5 Å². The lowest BCUT2D eigenvalue weighted by Crippen LogP contribution is -2.34. The second-order valence-electron chi connectivity index (χ2n) is 9.58. The van der Waals surface area contributed by atoms with Gasteiger partial charge in [-0.3, -0.25) is 0 Å². The largest absolute Gasteiger partial charge is 0.497 e. The van der Waals surface area contributed by atoms with Crippen LogP contribution in [0.3, 0.4) is 0 Å². The molecule has 38 heavy (non-hydrogen) atoms. The molecule has 8 nitrogen and oxygen atoms in total. The lowest BCUT2D eigenvalue weighted by atomic mass is 9.78. The first kappa shape index (κ1) is 23.9. The molecule has 0 saturated heterocycles. The van der Waals surface area contributed by atoms with E-state index in [9.17, 15) is 4.79 Å². The Hall–Kier alpha value is -4.46. The van der Waals surface area contributed by atoms with Gasteiger partial charge in [-0.1, -0.05) is 18.2 Å². The van der Waals surface area contributed by atoms with E-state index in [1.165, 1.54) is 0 Å². The third-order valence-electron chi connectivity index (χ3n) is 7.37. The predicted octanol–water partition coefficient (Wildman–Crippen LogP) is 5.36. The Morgan fingerprint density at radius 1 is 0.974 bits per heavy atom. The third-order valence-corrected chi connectivity index (χ3v) is 7.37. The van der Waals surface area contributed by atoms with Crippen molar-refractivity contribution in [3.05, 3.63) is 89.0 Å². The molecule has 0 N–H and O–H groups in total. The van der Waals surface area contributed by atoms with E-state index in [2.05, 4.69) is 24.8 Å². The lowest BCUT2D eigenvalue weighted by molar-refractivity contribution is 0.0225. The molecule has 6 rings (SSSR count). The van der Waals surface area contributed by atoms with E-state index in [0.717, 1.165) is 41.3 Å². The maximum Gasteiger partial charge on any atom is 0.340 e. The summed E-state index contributed by atoms with van der Waals surface area (Å²) >= 11 is 0. The van der Waals surface area contributed by atoms with Gasteiger partial charge in [0.2, 0.25) is 11.5 Å². The number of carbonyl (C=O) groups is 1. The summed E-state index contributed by atoms with van der Waals surface area (Å²) < 4.78 is 20.2. The van der Waals surface area contributed by atoms with Gasteiger partial charge in [-0.25, -0.2) is 4.79 Å². The summed E-state index contributed by atoms with van der Waals surface area (Å²) in [7, 11) is 5.49. The highest BCUT2D eigenvalue weighted by atomic mass is 16.6. The van der Waals surface area contributed by atoms with Crippen molar-refractivity contribution in [3.63, 3.8) is 0 Å². The van der Waals surface area contributed by atoms with Crippen LogP contribution in [0.4, 0.5) is 11.5 Å². The second-order valence-corrected chi connectivity index (χ2v) is 9.58. The van der Waals surface area contributed by atoms with E-state index in [1.807, 2.05) is 79.7 Å². The average Bonchev–Trinajstić information content (AvgIpc) is 3.46. The summed E-state index contributed by atoms with van der Waals surface area (Å²) in [6.45, 7) is 5.97. The van der Waals surface area contributed by atoms with Crippen LogP contribution in [-0.4, -0.2) is 50.0 Å². The van der Waals surface area contributed by atoms with Crippen molar-refractivity contribution in [3.8, 4) is 23.1 Å². The molecule has 0 saturated carbocycles. The lowest BCUT2D eigenvalue weighted by Gasteiger charge is -2.36. The minimum absolute atomic E-state index is 0.367. The molecule has 4 aromatic rings. The highest BCUT2D eigenvalue weighted by Crippen LogP contribution is 2.59. The van der Waals surface area contributed by atoms with Crippen molar-refractivity contribution in [2.45, 2.75) is 19.4 Å². The number of esters is 1. The summed E-state index contributed by atoms with van der Waals surface area (Å²) in [6, 6.07) is 21.3. The number of anilines is 2. The molecule has 0 radical (unpaired) electrons. The molecule has 2 aliphatic heterocycles. The Morgan fingerprint density at radius 3 is 2.39 bits per heavy atom. The van der Waals surface area contributed by atoms with E-state index in [0.29, 0.717) is 28.6 Å². The quantitative estimate of drug-likeness (QED) is 0.324. The topological polar surface area (TPSA) is 69.1 Å². The fourth-order valence-electron chi connectivity index (χ4n) is 5.52. The molecule has 0 fully saturated rings. The Morgan fingerprint density at radius 2 is 1.71 bits per heavy atom. The van der Waals surface area contributed by atoms with Gasteiger partial charge < -0.3 is 24.0 Å². The van der Waals surface area contributed by atoms with Gasteiger partial charge in [-0.2, -0.15) is 4.68 Å². The Bertz CT molecular complexity index is 1540. The van der Waals surface area contributed by atoms with Crippen LogP contribution in [0.15, 0.2) is 66.7 Å². The molecular weight excluding hydrogens is 480 g/mol. The van der Waals surface area contributed by atoms with Gasteiger partial charge in [0.15, 0.2) is 5.82 Å². The van der Waals surface area contributed by atoms with Crippen LogP contribution >= 0.6 is 0 Å². The number of fused-ring (bicyclic) bond motifs is 6. The highest BCUT2D eigenvalue weighted by Gasteiger charge is 2.57. The fourth-order valence-corrected chi connectivity index (χ4v) is 5.52. The van der Waals surface area contributed by atoms with E-state index < -0.39 is 5.60 Å². The van der Waals surface area contributed by atoms with E-state index in [-0.39, 0.29) is 5.97 Å². The zero-order valence-corrected chi connectivity index (χ0v) is 22.2. The van der Waals surface area contributed by atoms with Gasteiger partial charge in [-0.05, 0) is 56.3 Å². The monoisotopic (exact) mass is 510 g/mol. The molecule has 1 unspecified atom stereocenters. The van der Waals surface area contributed by atoms with Gasteiger partial charge in [0.25, 0.3) is 0 Å². The van der Waals surface area contributed by atoms with E-state index >= 15 is 0 Å². The number of methoxy groups -OCH3 is 1. The normalized spacial score (nSPS) is 16.8. The van der Waals surface area contributed by atoms with Crippen molar-refractivity contribution in [2.24, 2.45) is 0 Å². The number of hydrogen-bond donors (Lipinski definition) is 0. The van der Waals surface area contributed by atoms with Crippen LogP contribution in [0.1, 0.15) is 40.9 Å². The number of hydrogen-bond acceptors (Lipinski definition) is 7. The first-order valence-corrected chi connectivity index (χ1v) is 12.8. The Labute approximate surface area is 222 Å². The number of benzene rings is 3. The summed E-state index contributed by atoms with van der Waals surface area (Å²) in [6.07, 6.45) is 0. The van der Waals surface area contributed by atoms with Gasteiger partial charge >= 0.3 is 5.97 Å². The molecule has 1 aromatic heterocycles. The molecule has 194 valence electrons. The minimum Gasteiger partial charge on any atom is -0.497 e. The summed E-state index contributed by atoms with van der Waals surface area (Å²) in [4.78, 5) is 17.5. The Balaban J connectivity index is 1.67. The number of ether oxygens (including phenoxy) is 3. The van der Waals surface area contributed by atoms with E-state index in [1.54, 1.807) is 11.8 Å². The maximum atomic E-state index is 13.3. The van der Waals surface area contributed by atoms with Gasteiger partial charge in [0.05, 0.1) is 18.4 Å². The molecular formula is C30H30N4O4. The number of rotatable bonds is 6. The molecule has 2 aliphatic rings. The summed E-state index contributed by atoms with van der Waals surface area (Å²) in [5, 5.41) is 4.98. The van der Waals surface area contributed by atoms with Crippen LogP contribution < -0.4 is 19.3 Å². The summed E-state index contributed by atoms with van der Waals surface area (Å²) in [5.41, 5.74) is 3.42. The van der Waals surface area contributed by atoms with Gasteiger partial charge in [0.1, 0.15) is 17.1 Å². The standard InChI is InChI=1S/C30H30N4O4/c1-6-33(7-2)20-14-17-24-25(18-20)37-28-26(30(24)23-11-9-8-10-22(23)29(35)38-30)27(32(3)4)31-34(28)19-12-15-21(36-5)16-13-19/h8-18H,6-7H2,1-5H3. The molecule has 8 heteroatoms. The first-order chi connectivity index (χ1) is 18.4. The number of carbonyl (C=O) groups excluding carboxylic acids is 1. The summed E-state index contributed by atoms with van der Waals surface area (Å²) in [5.74, 6) is 2.17. The molecule has 0 aliphatic carbocycles. The molecule has 3 heterocycles. The SMILES string of the molecule is CCN(CC)c1ccc2c(c1)Oc1c(c(N(C)C)nn1-c1ccc(OC)cc1)C21OC(=O)c2ccccc21.